The van der Waals surface area contributed by atoms with Crippen LogP contribution in [0.3, 0.4) is 0 Å². The summed E-state index contributed by atoms with van der Waals surface area (Å²) in [5.74, 6) is 0. The van der Waals surface area contributed by atoms with Crippen molar-refractivity contribution in [2.45, 2.75) is 0 Å². The second-order valence-corrected chi connectivity index (χ2v) is 8.52. The van der Waals surface area contributed by atoms with Crippen LogP contribution in [0.5, 0.6) is 0 Å². The van der Waals surface area contributed by atoms with E-state index in [1.807, 2.05) is 0 Å². The minimum atomic E-state index is 0. The van der Waals surface area contributed by atoms with E-state index in [0.29, 0.717) is 0 Å². The topological polar surface area (TPSA) is 0 Å². The molecule has 27 heavy (non-hydrogen) atoms. The molecule has 4 aromatic carbocycles. The first-order valence-electron chi connectivity index (χ1n) is 8.64. The van der Waals surface area contributed by atoms with Gasteiger partial charge in [-0.3, -0.25) is 0 Å². The first kappa shape index (κ1) is 21.7. The van der Waals surface area contributed by atoms with Crippen molar-refractivity contribution in [3.05, 3.63) is 121 Å². The third kappa shape index (κ3) is 8.28. The number of hydrogen-bond acceptors (Lipinski definition) is 0. The molecule has 0 aliphatic rings. The average Bonchev–Trinajstić information content (AvgIpc) is 2.72. The Morgan fingerprint density at radius 3 is 0.667 bits per heavy atom. The molecule has 0 aromatic heterocycles. The normalized spacial score (nSPS) is 9.48. The van der Waals surface area contributed by atoms with Crippen LogP contribution in [0.1, 0.15) is 0 Å². The van der Waals surface area contributed by atoms with Crippen molar-refractivity contribution < 1.29 is 19.5 Å². The van der Waals surface area contributed by atoms with Crippen molar-refractivity contribution in [2.24, 2.45) is 0 Å². The summed E-state index contributed by atoms with van der Waals surface area (Å²) in [6, 6.07) is 42.3. The molecular formula is C24H22P2Zn. The summed E-state index contributed by atoms with van der Waals surface area (Å²) in [5, 5.41) is 5.59. The van der Waals surface area contributed by atoms with Crippen molar-refractivity contribution in [1.82, 2.24) is 0 Å². The summed E-state index contributed by atoms with van der Waals surface area (Å²) in [7, 11) is 1.55. The summed E-state index contributed by atoms with van der Waals surface area (Å²) in [6.45, 7) is 0. The van der Waals surface area contributed by atoms with Gasteiger partial charge in [-0.25, -0.2) is 0 Å². The number of hydrogen-bond donors (Lipinski definition) is 0. The van der Waals surface area contributed by atoms with Crippen LogP contribution in [0.25, 0.3) is 0 Å². The molecule has 130 valence electrons. The Labute approximate surface area is 178 Å². The van der Waals surface area contributed by atoms with E-state index in [4.69, 9.17) is 0 Å². The summed E-state index contributed by atoms with van der Waals surface area (Å²) >= 11 is 0. The molecule has 0 spiro atoms. The van der Waals surface area contributed by atoms with Crippen LogP contribution in [0.2, 0.25) is 0 Å². The molecule has 0 aliphatic carbocycles. The van der Waals surface area contributed by atoms with Crippen LogP contribution >= 0.6 is 17.2 Å². The second kappa shape index (κ2) is 12.7. The van der Waals surface area contributed by atoms with Crippen LogP contribution < -0.4 is 21.2 Å². The predicted molar refractivity (Wildman–Crippen MR) is 121 cm³/mol. The van der Waals surface area contributed by atoms with Crippen LogP contribution in [-0.4, -0.2) is 0 Å². The Bertz CT molecular complexity index is 715. The van der Waals surface area contributed by atoms with Gasteiger partial charge in [0.25, 0.3) is 0 Å². The van der Waals surface area contributed by atoms with Crippen molar-refractivity contribution >= 4 is 38.4 Å². The molecule has 0 heterocycles. The predicted octanol–water partition coefficient (Wildman–Crippen LogP) is 4.63. The fourth-order valence-corrected chi connectivity index (χ4v) is 4.52. The molecule has 0 saturated heterocycles. The van der Waals surface area contributed by atoms with Gasteiger partial charge in [0, 0.05) is 19.5 Å². The van der Waals surface area contributed by atoms with Gasteiger partial charge in [-0.2, -0.15) is 0 Å². The molecular weight excluding hydrogens is 416 g/mol. The van der Waals surface area contributed by atoms with E-state index in [1.54, 1.807) is 0 Å². The first-order valence-corrected chi connectivity index (χ1v) is 10.6. The molecule has 0 N–H and O–H groups in total. The fourth-order valence-electron chi connectivity index (χ4n) is 2.42. The van der Waals surface area contributed by atoms with Crippen molar-refractivity contribution in [3.63, 3.8) is 0 Å². The largest absolute Gasteiger partial charge is 0.0622 e. The molecule has 4 aromatic rings. The second-order valence-electron chi connectivity index (χ2n) is 5.71. The minimum Gasteiger partial charge on any atom is -0.0622 e. The van der Waals surface area contributed by atoms with Crippen molar-refractivity contribution in [2.75, 3.05) is 0 Å². The summed E-state index contributed by atoms with van der Waals surface area (Å²) in [5.41, 5.74) is 0. The van der Waals surface area contributed by atoms with Gasteiger partial charge in [-0.1, -0.05) is 138 Å². The van der Waals surface area contributed by atoms with E-state index in [2.05, 4.69) is 121 Å². The maximum Gasteiger partial charge on any atom is 0 e. The molecule has 3 heteroatoms. The van der Waals surface area contributed by atoms with Gasteiger partial charge in [0.15, 0.2) is 0 Å². The maximum atomic E-state index is 2.17. The van der Waals surface area contributed by atoms with E-state index in [9.17, 15) is 0 Å². The van der Waals surface area contributed by atoms with Crippen LogP contribution in [-0.2, 0) is 19.5 Å². The zero-order valence-corrected chi connectivity index (χ0v) is 20.2. The summed E-state index contributed by atoms with van der Waals surface area (Å²) in [6.07, 6.45) is 0. The Balaban J connectivity index is 0.000000187. The smallest absolute Gasteiger partial charge is 0 e. The molecule has 4 rings (SSSR count). The van der Waals surface area contributed by atoms with Crippen LogP contribution in [0, 0.1) is 0 Å². The van der Waals surface area contributed by atoms with E-state index in [1.165, 1.54) is 21.2 Å². The van der Waals surface area contributed by atoms with Crippen molar-refractivity contribution in [3.8, 4) is 0 Å². The molecule has 0 bridgehead atoms. The quantitative estimate of drug-likeness (QED) is 0.323. The first-order chi connectivity index (χ1) is 12.9. The van der Waals surface area contributed by atoms with Gasteiger partial charge in [-0.05, 0) is 21.2 Å². The molecule has 0 aliphatic heterocycles. The Morgan fingerprint density at radius 1 is 0.296 bits per heavy atom. The van der Waals surface area contributed by atoms with Crippen LogP contribution in [0.15, 0.2) is 121 Å². The van der Waals surface area contributed by atoms with E-state index in [0.717, 1.165) is 17.2 Å². The molecule has 0 radical (unpaired) electrons. The molecule has 0 nitrogen and oxygen atoms in total. The Hall–Kier alpha value is -1.64. The third-order valence-corrected chi connectivity index (χ3v) is 6.16. The monoisotopic (exact) mass is 436 g/mol. The standard InChI is InChI=1S/2C12H11P.Zn/c2*1-3-7-11(8-4-1)13-12-9-5-2-6-10-12;/h2*1-10,13H;. The van der Waals surface area contributed by atoms with E-state index >= 15 is 0 Å². The average molecular weight is 438 g/mol. The molecule has 0 saturated carbocycles. The van der Waals surface area contributed by atoms with Gasteiger partial charge in [0.1, 0.15) is 0 Å². The fraction of sp³-hybridized carbons (Fsp3) is 0. The number of rotatable bonds is 4. The third-order valence-electron chi connectivity index (χ3n) is 3.67. The Morgan fingerprint density at radius 2 is 0.481 bits per heavy atom. The Kier molecular flexibility index (Phi) is 10.2. The van der Waals surface area contributed by atoms with Gasteiger partial charge >= 0.3 is 0 Å². The molecule has 0 fully saturated rings. The van der Waals surface area contributed by atoms with Gasteiger partial charge in [-0.15, -0.1) is 0 Å². The minimum absolute atomic E-state index is 0. The van der Waals surface area contributed by atoms with E-state index < -0.39 is 0 Å². The SMILES string of the molecule is [Zn].c1ccc(Pc2ccccc2)cc1.c1ccc(Pc2ccccc2)cc1. The number of benzene rings is 4. The van der Waals surface area contributed by atoms with Gasteiger partial charge < -0.3 is 0 Å². The molecule has 0 amide bonds. The zero-order chi connectivity index (χ0) is 17.9. The van der Waals surface area contributed by atoms with Gasteiger partial charge in [0.2, 0.25) is 0 Å². The van der Waals surface area contributed by atoms with Crippen molar-refractivity contribution in [1.29, 1.82) is 0 Å². The zero-order valence-electron chi connectivity index (χ0n) is 15.3. The maximum absolute atomic E-state index is 2.17. The van der Waals surface area contributed by atoms with Gasteiger partial charge in [0.05, 0.1) is 0 Å². The summed E-state index contributed by atoms with van der Waals surface area (Å²) < 4.78 is 0. The molecule has 0 atom stereocenters. The molecule has 0 unspecified atom stereocenters. The van der Waals surface area contributed by atoms with E-state index in [-0.39, 0.29) is 19.5 Å². The van der Waals surface area contributed by atoms with Crippen LogP contribution in [0.4, 0.5) is 0 Å². The summed E-state index contributed by atoms with van der Waals surface area (Å²) in [4.78, 5) is 0.